The fraction of sp³-hybridized carbons (Fsp3) is 0.350. The van der Waals surface area contributed by atoms with Gasteiger partial charge in [-0.25, -0.2) is 0 Å². The van der Waals surface area contributed by atoms with E-state index in [0.717, 1.165) is 30.6 Å². The van der Waals surface area contributed by atoms with Gasteiger partial charge >= 0.3 is 5.97 Å². The van der Waals surface area contributed by atoms with E-state index in [2.05, 4.69) is 9.89 Å². The van der Waals surface area contributed by atoms with Crippen molar-refractivity contribution in [2.45, 2.75) is 43.2 Å². The quantitative estimate of drug-likeness (QED) is 0.159. The van der Waals surface area contributed by atoms with Crippen LogP contribution in [0.25, 0.3) is 0 Å². The van der Waals surface area contributed by atoms with Crippen LogP contribution < -0.4 is 0 Å². The molecule has 0 amide bonds. The van der Waals surface area contributed by atoms with Crippen molar-refractivity contribution >= 4 is 46.2 Å². The van der Waals surface area contributed by atoms with Crippen molar-refractivity contribution in [3.05, 3.63) is 56.3 Å². The number of carboxylic acids is 1. The Morgan fingerprint density at radius 3 is 2.73 bits per heavy atom. The van der Waals surface area contributed by atoms with Crippen LogP contribution in [0.4, 0.5) is 5.69 Å². The van der Waals surface area contributed by atoms with Gasteiger partial charge in [0.2, 0.25) is 0 Å². The van der Waals surface area contributed by atoms with Crippen LogP contribution in [0.3, 0.4) is 0 Å². The number of aliphatic carboxylic acids is 1. The SMILES string of the molecule is O=Cc1cc([N+](=O)[O-])ccc1SC(=NCC(=O)O)N(Cc1cccs1)C1CCCC1. The van der Waals surface area contributed by atoms with E-state index in [4.69, 9.17) is 5.11 Å². The molecule has 1 fully saturated rings. The first kappa shape index (κ1) is 22.0. The third-order valence-corrected chi connectivity index (χ3v) is 6.80. The molecule has 0 unspecified atom stereocenters. The molecule has 1 aliphatic rings. The number of hydrogen-bond donors (Lipinski definition) is 1. The van der Waals surface area contributed by atoms with Crippen molar-refractivity contribution in [2.24, 2.45) is 4.99 Å². The molecular weight excluding hydrogens is 426 g/mol. The van der Waals surface area contributed by atoms with Gasteiger partial charge < -0.3 is 10.0 Å². The minimum Gasteiger partial charge on any atom is -0.480 e. The molecule has 1 aromatic heterocycles. The topological polar surface area (TPSA) is 113 Å². The lowest BCUT2D eigenvalue weighted by molar-refractivity contribution is -0.384. The van der Waals surface area contributed by atoms with E-state index in [9.17, 15) is 19.7 Å². The maximum absolute atomic E-state index is 11.6. The highest BCUT2D eigenvalue weighted by Crippen LogP contribution is 2.33. The predicted molar refractivity (Wildman–Crippen MR) is 116 cm³/mol. The molecule has 30 heavy (non-hydrogen) atoms. The highest BCUT2D eigenvalue weighted by atomic mass is 32.2. The number of non-ortho nitro benzene ring substituents is 1. The molecule has 3 rings (SSSR count). The summed E-state index contributed by atoms with van der Waals surface area (Å²) < 4.78 is 0. The summed E-state index contributed by atoms with van der Waals surface area (Å²) in [6.45, 7) is 0.205. The average Bonchev–Trinajstić information content (AvgIpc) is 3.43. The van der Waals surface area contributed by atoms with E-state index in [0.29, 0.717) is 22.9 Å². The average molecular weight is 448 g/mol. The molecule has 0 spiro atoms. The summed E-state index contributed by atoms with van der Waals surface area (Å²) in [4.78, 5) is 41.3. The molecule has 10 heteroatoms. The smallest absolute Gasteiger partial charge is 0.325 e. The molecule has 0 aliphatic heterocycles. The summed E-state index contributed by atoms with van der Waals surface area (Å²) in [6.07, 6.45) is 4.74. The Labute approximate surface area is 181 Å². The number of benzene rings is 1. The van der Waals surface area contributed by atoms with Gasteiger partial charge in [0, 0.05) is 33.5 Å². The molecule has 1 saturated carbocycles. The molecule has 0 atom stereocenters. The number of thiophene rings is 1. The number of rotatable bonds is 8. The van der Waals surface area contributed by atoms with E-state index in [-0.39, 0.29) is 23.8 Å². The van der Waals surface area contributed by atoms with E-state index >= 15 is 0 Å². The van der Waals surface area contributed by atoms with Crippen molar-refractivity contribution in [1.82, 2.24) is 4.90 Å². The zero-order valence-corrected chi connectivity index (χ0v) is 17.7. The summed E-state index contributed by atoms with van der Waals surface area (Å²) >= 11 is 2.80. The Morgan fingerprint density at radius 2 is 2.13 bits per heavy atom. The molecule has 0 radical (unpaired) electrons. The first-order valence-electron chi connectivity index (χ1n) is 9.44. The second-order valence-electron chi connectivity index (χ2n) is 6.84. The highest BCUT2D eigenvalue weighted by Gasteiger charge is 2.27. The monoisotopic (exact) mass is 447 g/mol. The van der Waals surface area contributed by atoms with Gasteiger partial charge in [0.15, 0.2) is 11.5 Å². The van der Waals surface area contributed by atoms with E-state index in [1.165, 1.54) is 30.0 Å². The summed E-state index contributed by atoms with van der Waals surface area (Å²) in [5, 5.41) is 22.7. The maximum Gasteiger partial charge on any atom is 0.325 e. The van der Waals surface area contributed by atoms with Crippen LogP contribution >= 0.6 is 23.1 Å². The van der Waals surface area contributed by atoms with E-state index in [1.807, 2.05) is 17.5 Å². The van der Waals surface area contributed by atoms with Gasteiger partial charge in [-0.1, -0.05) is 30.7 Å². The van der Waals surface area contributed by atoms with Crippen LogP contribution in [0, 0.1) is 10.1 Å². The van der Waals surface area contributed by atoms with Gasteiger partial charge in [0.05, 0.1) is 11.5 Å². The number of nitrogens with zero attached hydrogens (tertiary/aromatic N) is 3. The number of nitro benzene ring substituents is 1. The molecule has 1 aromatic carbocycles. The molecule has 8 nitrogen and oxygen atoms in total. The van der Waals surface area contributed by atoms with Gasteiger partial charge in [-0.05, 0) is 30.4 Å². The Morgan fingerprint density at radius 1 is 1.37 bits per heavy atom. The Hall–Kier alpha value is -2.72. The molecule has 0 bridgehead atoms. The number of carboxylic acid groups (broad SMARTS) is 1. The standard InChI is InChI=1S/C20H21N3O5S2/c24-13-14-10-16(23(27)28)7-8-18(14)30-20(21-11-19(25)26)22(15-4-1-2-5-15)12-17-6-3-9-29-17/h3,6-10,13,15H,1-2,4-5,11-12H2,(H,25,26). The molecular formula is C20H21N3O5S2. The third kappa shape index (κ3) is 5.67. The normalized spacial score (nSPS) is 14.6. The van der Waals surface area contributed by atoms with Crippen LogP contribution in [-0.2, 0) is 11.3 Å². The summed E-state index contributed by atoms with van der Waals surface area (Å²) in [7, 11) is 0. The van der Waals surface area contributed by atoms with Crippen molar-refractivity contribution in [2.75, 3.05) is 6.54 Å². The maximum atomic E-state index is 11.6. The lowest BCUT2D eigenvalue weighted by Crippen LogP contribution is -2.37. The summed E-state index contributed by atoms with van der Waals surface area (Å²) in [5.74, 6) is -1.05. The predicted octanol–water partition coefficient (Wildman–Crippen LogP) is 4.45. The number of hydrogen-bond acceptors (Lipinski definition) is 7. The molecule has 1 heterocycles. The fourth-order valence-electron chi connectivity index (χ4n) is 3.39. The van der Waals surface area contributed by atoms with Gasteiger partial charge in [-0.3, -0.25) is 24.7 Å². The Bertz CT molecular complexity index is 940. The minimum atomic E-state index is -1.05. The van der Waals surface area contributed by atoms with Crippen molar-refractivity contribution in [1.29, 1.82) is 0 Å². The number of nitro groups is 1. The van der Waals surface area contributed by atoms with E-state index in [1.54, 1.807) is 11.3 Å². The highest BCUT2D eigenvalue weighted by molar-refractivity contribution is 8.13. The largest absolute Gasteiger partial charge is 0.480 e. The zero-order valence-electron chi connectivity index (χ0n) is 16.1. The number of amidine groups is 1. The van der Waals surface area contributed by atoms with Crippen molar-refractivity contribution < 1.29 is 19.6 Å². The second-order valence-corrected chi connectivity index (χ2v) is 8.88. The van der Waals surface area contributed by atoms with E-state index < -0.39 is 10.9 Å². The Kier molecular flexibility index (Phi) is 7.58. The van der Waals surface area contributed by atoms with Gasteiger partial charge in [0.1, 0.15) is 6.54 Å². The van der Waals surface area contributed by atoms with Crippen LogP contribution in [0.1, 0.15) is 40.9 Å². The molecule has 1 N–H and O–H groups in total. The number of thioether (sulfide) groups is 1. The zero-order chi connectivity index (χ0) is 21.5. The van der Waals surface area contributed by atoms with Gasteiger partial charge in [-0.2, -0.15) is 0 Å². The first-order valence-corrected chi connectivity index (χ1v) is 11.1. The molecule has 158 valence electrons. The number of carbonyl (C=O) groups is 2. The number of carbonyl (C=O) groups excluding carboxylic acids is 1. The number of aliphatic imine (C=N–C) groups is 1. The van der Waals surface area contributed by atoms with Gasteiger partial charge in [-0.15, -0.1) is 11.3 Å². The Balaban J connectivity index is 1.96. The molecule has 2 aromatic rings. The molecule has 1 aliphatic carbocycles. The fourth-order valence-corrected chi connectivity index (χ4v) is 5.11. The summed E-state index contributed by atoms with van der Waals surface area (Å²) in [6, 6.07) is 8.29. The minimum absolute atomic E-state index is 0.170. The lowest BCUT2D eigenvalue weighted by Gasteiger charge is -2.31. The molecule has 0 saturated heterocycles. The first-order chi connectivity index (χ1) is 14.5. The van der Waals surface area contributed by atoms with Crippen LogP contribution in [0.15, 0.2) is 45.6 Å². The third-order valence-electron chi connectivity index (χ3n) is 4.80. The van der Waals surface area contributed by atoms with Gasteiger partial charge in [0.25, 0.3) is 5.69 Å². The van der Waals surface area contributed by atoms with Crippen LogP contribution in [-0.4, -0.2) is 44.9 Å². The van der Waals surface area contributed by atoms with Crippen molar-refractivity contribution in [3.8, 4) is 0 Å². The van der Waals surface area contributed by atoms with Crippen LogP contribution in [0.2, 0.25) is 0 Å². The summed E-state index contributed by atoms with van der Waals surface area (Å²) in [5.41, 5.74) is 0.0106. The van der Waals surface area contributed by atoms with Crippen LogP contribution in [0.5, 0.6) is 0 Å². The van der Waals surface area contributed by atoms with Crippen molar-refractivity contribution in [3.63, 3.8) is 0 Å². The second kappa shape index (κ2) is 10.4. The lowest BCUT2D eigenvalue weighted by atomic mass is 10.2. The number of aldehydes is 1.